The van der Waals surface area contributed by atoms with Gasteiger partial charge in [0.15, 0.2) is 0 Å². The number of nitriles is 1. The van der Waals surface area contributed by atoms with Gasteiger partial charge in [-0.25, -0.2) is 10.2 Å². The van der Waals surface area contributed by atoms with Crippen molar-refractivity contribution >= 4 is 17.8 Å². The third-order valence-electron chi connectivity index (χ3n) is 6.61. The molecule has 10 heteroatoms. The molecule has 0 saturated heterocycles. The molecule has 4 aromatic rings. The molecule has 2 atom stereocenters. The predicted molar refractivity (Wildman–Crippen MR) is 158 cm³/mol. The first-order valence-corrected chi connectivity index (χ1v) is 13.6. The molecule has 0 saturated carbocycles. The Kier molecular flexibility index (Phi) is 10.8. The minimum absolute atomic E-state index is 0.0806. The minimum atomic E-state index is -1.20. The fraction of sp³-hybridized carbons (Fsp3) is 0.212. The van der Waals surface area contributed by atoms with E-state index in [2.05, 4.69) is 16.2 Å². The summed E-state index contributed by atoms with van der Waals surface area (Å²) in [6, 6.07) is 29.2. The Morgan fingerprint density at radius 3 is 2.16 bits per heavy atom. The van der Waals surface area contributed by atoms with Crippen LogP contribution in [0.15, 0.2) is 101 Å². The maximum atomic E-state index is 13.6. The summed E-state index contributed by atoms with van der Waals surface area (Å²) >= 11 is 0. The average Bonchev–Trinajstić information content (AvgIpc) is 3.49. The molecule has 10 nitrogen and oxygen atoms in total. The van der Waals surface area contributed by atoms with Gasteiger partial charge in [-0.2, -0.15) is 5.26 Å². The molecule has 0 fully saturated rings. The number of hydrazine groups is 1. The van der Waals surface area contributed by atoms with Gasteiger partial charge in [-0.15, -0.1) is 0 Å². The highest BCUT2D eigenvalue weighted by molar-refractivity contribution is 5.88. The lowest BCUT2D eigenvalue weighted by Gasteiger charge is -2.23. The van der Waals surface area contributed by atoms with Crippen molar-refractivity contribution in [3.8, 4) is 6.07 Å². The molecule has 0 spiro atoms. The van der Waals surface area contributed by atoms with Gasteiger partial charge in [0.1, 0.15) is 24.5 Å². The molecule has 2 amide bonds. The Morgan fingerprint density at radius 1 is 0.907 bits per heavy atom. The topological polar surface area (TPSA) is 154 Å². The van der Waals surface area contributed by atoms with Crippen LogP contribution in [0.1, 0.15) is 44.5 Å². The molecule has 4 N–H and O–H groups in total. The number of aryl methyl sites for hydroxylation is 1. The fourth-order valence-electron chi connectivity index (χ4n) is 4.53. The number of rotatable bonds is 14. The summed E-state index contributed by atoms with van der Waals surface area (Å²) in [7, 11) is 0. The predicted octanol–water partition coefficient (Wildman–Crippen LogP) is 3.88. The molecule has 1 heterocycles. The van der Waals surface area contributed by atoms with Gasteiger partial charge in [0.2, 0.25) is 17.6 Å². The molecule has 0 radical (unpaired) electrons. The smallest absolute Gasteiger partial charge is 0.371 e. The highest BCUT2D eigenvalue weighted by atomic mass is 16.5. The first-order valence-electron chi connectivity index (χ1n) is 13.6. The van der Waals surface area contributed by atoms with Crippen LogP contribution < -0.4 is 16.2 Å². The minimum Gasteiger partial charge on any atom is -0.475 e. The number of furan rings is 1. The Hall–Kier alpha value is -5.24. The summed E-state index contributed by atoms with van der Waals surface area (Å²) in [5, 5.41) is 21.3. The molecule has 1 aromatic heterocycles. The van der Waals surface area contributed by atoms with Crippen molar-refractivity contribution < 1.29 is 28.6 Å². The number of nitrogens with zero attached hydrogens (tertiary/aromatic N) is 1. The number of benzene rings is 3. The van der Waals surface area contributed by atoms with Crippen LogP contribution in [0.3, 0.4) is 0 Å². The van der Waals surface area contributed by atoms with Crippen LogP contribution in [0.2, 0.25) is 0 Å². The molecular formula is C33H32N4O6. The highest BCUT2D eigenvalue weighted by Gasteiger charge is 2.26. The largest absolute Gasteiger partial charge is 0.475 e. The second-order valence-corrected chi connectivity index (χ2v) is 9.91. The molecule has 0 aliphatic heterocycles. The van der Waals surface area contributed by atoms with Crippen molar-refractivity contribution in [2.24, 2.45) is 0 Å². The third-order valence-corrected chi connectivity index (χ3v) is 6.61. The lowest BCUT2D eigenvalue weighted by Crippen LogP contribution is -2.55. The Labute approximate surface area is 249 Å². The molecule has 4 rings (SSSR count). The number of aromatic carboxylic acids is 1. The maximum absolute atomic E-state index is 13.6. The highest BCUT2D eigenvalue weighted by Crippen LogP contribution is 2.24. The zero-order valence-electron chi connectivity index (χ0n) is 23.5. The van der Waals surface area contributed by atoms with E-state index in [1.165, 1.54) is 12.1 Å². The molecule has 0 unspecified atom stereocenters. The van der Waals surface area contributed by atoms with E-state index in [9.17, 15) is 19.6 Å². The van der Waals surface area contributed by atoms with Crippen molar-refractivity contribution in [1.82, 2.24) is 16.2 Å². The van der Waals surface area contributed by atoms with Crippen LogP contribution in [0.25, 0.3) is 0 Å². The average molecular weight is 581 g/mol. The third kappa shape index (κ3) is 8.87. The number of carboxylic acids is 1. The number of nitrogens with one attached hydrogen (secondary N) is 3. The zero-order chi connectivity index (χ0) is 30.6. The second-order valence-electron chi connectivity index (χ2n) is 9.91. The van der Waals surface area contributed by atoms with Crippen LogP contribution in [-0.4, -0.2) is 41.6 Å². The second kappa shape index (κ2) is 15.1. The summed E-state index contributed by atoms with van der Waals surface area (Å²) in [5.41, 5.74) is 9.10. The van der Waals surface area contributed by atoms with Crippen LogP contribution in [0.5, 0.6) is 0 Å². The Balaban J connectivity index is 1.44. The van der Waals surface area contributed by atoms with Crippen LogP contribution in [-0.2, 0) is 27.4 Å². The summed E-state index contributed by atoms with van der Waals surface area (Å²) in [4.78, 5) is 38.0. The molecule has 43 heavy (non-hydrogen) atoms. The van der Waals surface area contributed by atoms with E-state index in [0.29, 0.717) is 0 Å². The van der Waals surface area contributed by atoms with Gasteiger partial charge in [0.05, 0.1) is 18.6 Å². The van der Waals surface area contributed by atoms with Crippen LogP contribution in [0.4, 0.5) is 0 Å². The normalized spacial score (nSPS) is 12.2. The summed E-state index contributed by atoms with van der Waals surface area (Å²) in [6.45, 7) is 1.70. The lowest BCUT2D eigenvalue weighted by molar-refractivity contribution is -0.126. The van der Waals surface area contributed by atoms with Gasteiger partial charge >= 0.3 is 5.97 Å². The van der Waals surface area contributed by atoms with E-state index in [0.717, 1.165) is 22.3 Å². The van der Waals surface area contributed by atoms with Gasteiger partial charge in [-0.05, 0) is 42.2 Å². The van der Waals surface area contributed by atoms with Crippen LogP contribution >= 0.6 is 0 Å². The van der Waals surface area contributed by atoms with Crippen molar-refractivity contribution in [3.63, 3.8) is 0 Å². The summed E-state index contributed by atoms with van der Waals surface area (Å²) in [5.74, 6) is -2.64. The van der Waals surface area contributed by atoms with Gasteiger partial charge in [0.25, 0.3) is 0 Å². The molecule has 0 aliphatic rings. The quantitative estimate of drug-likeness (QED) is 0.164. The van der Waals surface area contributed by atoms with Crippen molar-refractivity contribution in [2.45, 2.75) is 38.0 Å². The molecular weight excluding hydrogens is 548 g/mol. The van der Waals surface area contributed by atoms with Gasteiger partial charge in [-0.1, -0.05) is 90.5 Å². The van der Waals surface area contributed by atoms with Crippen molar-refractivity contribution in [3.05, 3.63) is 131 Å². The first kappa shape index (κ1) is 30.7. The molecule has 0 bridgehead atoms. The van der Waals surface area contributed by atoms with Crippen LogP contribution in [0, 0.1) is 18.3 Å². The Bertz CT molecular complexity index is 1530. The number of hydrogen-bond donors (Lipinski definition) is 4. The number of carboxylic acid groups (broad SMARTS) is 1. The Morgan fingerprint density at radius 2 is 1.58 bits per heavy atom. The fourth-order valence-corrected chi connectivity index (χ4v) is 4.53. The number of hydrogen-bond acceptors (Lipinski definition) is 7. The summed E-state index contributed by atoms with van der Waals surface area (Å²) in [6.07, 6.45) is 0.235. The number of carbonyl (C=O) groups excluding carboxylic acids is 2. The lowest BCUT2D eigenvalue weighted by atomic mass is 9.91. The molecule has 0 aliphatic carbocycles. The number of amides is 2. The first-order chi connectivity index (χ1) is 20.8. The summed E-state index contributed by atoms with van der Waals surface area (Å²) < 4.78 is 10.6. The number of carbonyl (C=O) groups is 3. The monoisotopic (exact) mass is 580 g/mol. The zero-order valence-corrected chi connectivity index (χ0v) is 23.5. The standard InChI is InChI=1S/C33H32N4O6/c1-22-9-8-10-23(17-22)18-28(31(38)35-26(19-34)20-42-21-27-15-16-29(43-27)33(40)41)36-37-32(39)30(24-11-4-2-5-12-24)25-13-6-3-7-14-25/h2-17,26,28,30,36H,18,20-21H2,1H3,(H,35,38)(H,37,39)(H,40,41)/t26-,28+/m1/s1. The van der Waals surface area contributed by atoms with E-state index in [4.69, 9.17) is 14.3 Å². The van der Waals surface area contributed by atoms with E-state index in [-0.39, 0.29) is 37.1 Å². The maximum Gasteiger partial charge on any atom is 0.371 e. The van der Waals surface area contributed by atoms with E-state index < -0.39 is 29.9 Å². The number of ether oxygens (including phenoxy) is 1. The van der Waals surface area contributed by atoms with Crippen molar-refractivity contribution in [2.75, 3.05) is 6.61 Å². The van der Waals surface area contributed by atoms with Gasteiger partial charge < -0.3 is 19.6 Å². The SMILES string of the molecule is Cc1cccc(C[C@H](NNC(=O)C(c2ccccc2)c2ccccc2)C(=O)N[C@H](C#N)COCc2ccc(C(=O)O)o2)c1. The van der Waals surface area contributed by atoms with Gasteiger partial charge in [0, 0.05) is 0 Å². The van der Waals surface area contributed by atoms with E-state index in [1.807, 2.05) is 97.9 Å². The molecule has 3 aromatic carbocycles. The van der Waals surface area contributed by atoms with E-state index >= 15 is 0 Å². The van der Waals surface area contributed by atoms with E-state index in [1.54, 1.807) is 0 Å². The van der Waals surface area contributed by atoms with Gasteiger partial charge in [-0.3, -0.25) is 15.0 Å². The molecule has 220 valence electrons. The van der Waals surface area contributed by atoms with Crippen molar-refractivity contribution in [1.29, 1.82) is 5.26 Å².